The Hall–Kier alpha value is -3.57. The average Bonchev–Trinajstić information content (AvgIpc) is 2.87. The fraction of sp³-hybridized carbons (Fsp3) is 0.222. The van der Waals surface area contributed by atoms with E-state index in [1.165, 1.54) is 0 Å². The van der Waals surface area contributed by atoms with Crippen molar-refractivity contribution in [2.45, 2.75) is 32.3 Å². The highest BCUT2D eigenvalue weighted by molar-refractivity contribution is 5.92. The quantitative estimate of drug-likeness (QED) is 0.367. The number of benzene rings is 3. The molecule has 0 fully saturated rings. The molecule has 5 nitrogen and oxygen atoms in total. The highest BCUT2D eigenvalue weighted by atomic mass is 16.5. The van der Waals surface area contributed by atoms with Crippen LogP contribution in [0.15, 0.2) is 84.9 Å². The van der Waals surface area contributed by atoms with Crippen LogP contribution >= 0.6 is 0 Å². The fourth-order valence-electron chi connectivity index (χ4n) is 3.68. The Morgan fingerprint density at radius 3 is 1.94 bits per heavy atom. The molecule has 0 aliphatic rings. The first kappa shape index (κ1) is 21.7. The van der Waals surface area contributed by atoms with Gasteiger partial charge in [-0.1, -0.05) is 98.6 Å². The molecule has 0 saturated carbocycles. The van der Waals surface area contributed by atoms with Crippen LogP contribution in [0.4, 0.5) is 0 Å². The first-order chi connectivity index (χ1) is 15.8. The van der Waals surface area contributed by atoms with E-state index in [-0.39, 0.29) is 6.61 Å². The summed E-state index contributed by atoms with van der Waals surface area (Å²) in [6, 6.07) is 27.8. The van der Waals surface area contributed by atoms with Crippen molar-refractivity contribution in [3.8, 4) is 39.4 Å². The lowest BCUT2D eigenvalue weighted by atomic mass is 9.94. The number of nitrogens with zero attached hydrogens (tertiary/aromatic N) is 3. The SMILES string of the molecule is CCCCC(O)COc1ccccc1-c1c(-c2ccccc2)nnnc1-c1ccccc1. The van der Waals surface area contributed by atoms with Crippen molar-refractivity contribution in [2.75, 3.05) is 6.61 Å². The minimum Gasteiger partial charge on any atom is -0.490 e. The van der Waals surface area contributed by atoms with Gasteiger partial charge in [-0.2, -0.15) is 0 Å². The van der Waals surface area contributed by atoms with E-state index in [0.29, 0.717) is 5.75 Å². The summed E-state index contributed by atoms with van der Waals surface area (Å²) in [7, 11) is 0. The molecule has 4 aromatic rings. The second kappa shape index (κ2) is 10.6. The Kier molecular flexibility index (Phi) is 7.20. The monoisotopic (exact) mass is 425 g/mol. The molecule has 1 heterocycles. The van der Waals surface area contributed by atoms with Crippen LogP contribution < -0.4 is 4.74 Å². The third kappa shape index (κ3) is 5.01. The van der Waals surface area contributed by atoms with Gasteiger partial charge >= 0.3 is 0 Å². The van der Waals surface area contributed by atoms with Crippen LogP contribution in [0.3, 0.4) is 0 Å². The zero-order valence-electron chi connectivity index (χ0n) is 18.2. The second-order valence-corrected chi connectivity index (χ2v) is 7.70. The van der Waals surface area contributed by atoms with Gasteiger partial charge in [-0.3, -0.25) is 0 Å². The molecular weight excluding hydrogens is 398 g/mol. The number of para-hydroxylation sites is 1. The van der Waals surface area contributed by atoms with E-state index in [0.717, 1.165) is 52.9 Å². The van der Waals surface area contributed by atoms with Gasteiger partial charge < -0.3 is 9.84 Å². The van der Waals surface area contributed by atoms with Crippen LogP contribution in [-0.2, 0) is 0 Å². The number of unbranched alkanes of at least 4 members (excludes halogenated alkanes) is 1. The fourth-order valence-corrected chi connectivity index (χ4v) is 3.68. The molecule has 0 aliphatic heterocycles. The van der Waals surface area contributed by atoms with Crippen molar-refractivity contribution in [1.29, 1.82) is 0 Å². The van der Waals surface area contributed by atoms with E-state index < -0.39 is 6.10 Å². The van der Waals surface area contributed by atoms with Crippen molar-refractivity contribution in [2.24, 2.45) is 0 Å². The number of hydrogen-bond donors (Lipinski definition) is 1. The summed E-state index contributed by atoms with van der Waals surface area (Å²) in [5, 5.41) is 23.2. The van der Waals surface area contributed by atoms with Gasteiger partial charge in [0.25, 0.3) is 0 Å². The number of aromatic nitrogens is 3. The van der Waals surface area contributed by atoms with Crippen molar-refractivity contribution >= 4 is 0 Å². The average molecular weight is 426 g/mol. The van der Waals surface area contributed by atoms with E-state index in [1.807, 2.05) is 84.9 Å². The number of hydrogen-bond acceptors (Lipinski definition) is 5. The maximum Gasteiger partial charge on any atom is 0.127 e. The highest BCUT2D eigenvalue weighted by Gasteiger charge is 2.21. The van der Waals surface area contributed by atoms with Crippen molar-refractivity contribution in [1.82, 2.24) is 15.4 Å². The molecule has 4 rings (SSSR count). The lowest BCUT2D eigenvalue weighted by molar-refractivity contribution is 0.0983. The van der Waals surface area contributed by atoms with Crippen molar-refractivity contribution in [3.05, 3.63) is 84.9 Å². The number of ether oxygens (including phenoxy) is 1. The van der Waals surface area contributed by atoms with Gasteiger partial charge in [0.15, 0.2) is 0 Å². The summed E-state index contributed by atoms with van der Waals surface area (Å²) in [5.41, 5.74) is 5.11. The lowest BCUT2D eigenvalue weighted by Crippen LogP contribution is -2.17. The maximum atomic E-state index is 10.3. The second-order valence-electron chi connectivity index (χ2n) is 7.70. The lowest BCUT2D eigenvalue weighted by Gasteiger charge is -2.18. The Balaban J connectivity index is 1.82. The molecule has 3 aromatic carbocycles. The summed E-state index contributed by atoms with van der Waals surface area (Å²) in [4.78, 5) is 0. The van der Waals surface area contributed by atoms with Crippen molar-refractivity contribution < 1.29 is 9.84 Å². The molecular formula is C27H27N3O2. The third-order valence-corrected chi connectivity index (χ3v) is 5.34. The Morgan fingerprint density at radius 1 is 0.781 bits per heavy atom. The van der Waals surface area contributed by atoms with Gasteiger partial charge in [-0.05, 0) is 17.7 Å². The molecule has 0 amide bonds. The molecule has 0 bridgehead atoms. The Labute approximate surface area is 188 Å². The predicted octanol–water partition coefficient (Wildman–Crippen LogP) is 5.80. The number of aliphatic hydroxyl groups excluding tert-OH is 1. The number of rotatable bonds is 9. The van der Waals surface area contributed by atoms with Gasteiger partial charge in [0.2, 0.25) is 0 Å². The minimum absolute atomic E-state index is 0.240. The van der Waals surface area contributed by atoms with Gasteiger partial charge in [0.05, 0.1) is 6.10 Å². The van der Waals surface area contributed by atoms with Crippen LogP contribution in [0.2, 0.25) is 0 Å². The van der Waals surface area contributed by atoms with Crippen LogP contribution in [0.25, 0.3) is 33.6 Å². The summed E-state index contributed by atoms with van der Waals surface area (Å²) in [6.45, 7) is 2.35. The molecule has 5 heteroatoms. The number of aliphatic hydroxyl groups is 1. The van der Waals surface area contributed by atoms with Gasteiger partial charge in [-0.25, -0.2) is 0 Å². The molecule has 0 saturated heterocycles. The zero-order valence-corrected chi connectivity index (χ0v) is 18.2. The summed E-state index contributed by atoms with van der Waals surface area (Å²) in [6.07, 6.45) is 2.24. The first-order valence-corrected chi connectivity index (χ1v) is 11.0. The largest absolute Gasteiger partial charge is 0.490 e. The molecule has 32 heavy (non-hydrogen) atoms. The maximum absolute atomic E-state index is 10.3. The third-order valence-electron chi connectivity index (χ3n) is 5.34. The first-order valence-electron chi connectivity index (χ1n) is 11.0. The van der Waals surface area contributed by atoms with Gasteiger partial charge in [0.1, 0.15) is 23.7 Å². The zero-order chi connectivity index (χ0) is 22.2. The van der Waals surface area contributed by atoms with Crippen molar-refractivity contribution in [3.63, 3.8) is 0 Å². The summed E-state index contributed by atoms with van der Waals surface area (Å²) in [5.74, 6) is 0.687. The molecule has 1 atom stereocenters. The highest BCUT2D eigenvalue weighted by Crippen LogP contribution is 2.41. The molecule has 1 N–H and O–H groups in total. The normalized spacial score (nSPS) is 11.8. The van der Waals surface area contributed by atoms with E-state index in [4.69, 9.17) is 4.74 Å². The topological polar surface area (TPSA) is 68.1 Å². The summed E-state index contributed by atoms with van der Waals surface area (Å²) >= 11 is 0. The molecule has 1 unspecified atom stereocenters. The Bertz CT molecular complexity index is 1080. The van der Waals surface area contributed by atoms with Crippen LogP contribution in [-0.4, -0.2) is 33.2 Å². The van der Waals surface area contributed by atoms with Crippen LogP contribution in [0, 0.1) is 0 Å². The Morgan fingerprint density at radius 2 is 1.34 bits per heavy atom. The smallest absolute Gasteiger partial charge is 0.127 e. The molecule has 0 spiro atoms. The molecule has 0 aliphatic carbocycles. The molecule has 1 aromatic heterocycles. The van der Waals surface area contributed by atoms with E-state index in [1.54, 1.807) is 0 Å². The van der Waals surface area contributed by atoms with Gasteiger partial charge in [0, 0.05) is 22.3 Å². The minimum atomic E-state index is -0.501. The predicted molar refractivity (Wildman–Crippen MR) is 127 cm³/mol. The summed E-state index contributed by atoms with van der Waals surface area (Å²) < 4.78 is 6.11. The molecule has 0 radical (unpaired) electrons. The van der Waals surface area contributed by atoms with E-state index in [9.17, 15) is 5.11 Å². The van der Waals surface area contributed by atoms with E-state index in [2.05, 4.69) is 22.3 Å². The molecule has 162 valence electrons. The van der Waals surface area contributed by atoms with E-state index >= 15 is 0 Å². The van der Waals surface area contributed by atoms with Crippen LogP contribution in [0.1, 0.15) is 26.2 Å². The van der Waals surface area contributed by atoms with Gasteiger partial charge in [-0.15, -0.1) is 10.2 Å². The van der Waals surface area contributed by atoms with Crippen LogP contribution in [0.5, 0.6) is 5.75 Å². The standard InChI is InChI=1S/C27H27N3O2/c1-2-3-16-22(31)19-32-24-18-11-10-17-23(24)25-26(20-12-6-4-7-13-20)28-30-29-27(25)21-14-8-5-9-15-21/h4-15,17-18,22,31H,2-3,16,19H2,1H3.